The highest BCUT2D eigenvalue weighted by Crippen LogP contribution is 2.22. The van der Waals surface area contributed by atoms with Crippen molar-refractivity contribution in [3.63, 3.8) is 0 Å². The van der Waals surface area contributed by atoms with Crippen molar-refractivity contribution in [3.05, 3.63) is 53.7 Å². The second kappa shape index (κ2) is 9.39. The smallest absolute Gasteiger partial charge is 0.277 e. The fourth-order valence-corrected chi connectivity index (χ4v) is 3.36. The molecule has 1 N–H and O–H groups in total. The quantitative estimate of drug-likeness (QED) is 0.559. The van der Waals surface area contributed by atoms with E-state index in [1.807, 2.05) is 48.7 Å². The standard InChI is InChI=1S/C22H26N4O4/c1-15(2)21-18(12-19-22(29)26(16(3)27)13-20(28)24-19)23-14-25(21)10-7-11-30-17-8-5-4-6-9-17/h4-6,8-9,12,14-15H,7,10-11,13H2,1-3H3,(H,24,28). The third-order valence-corrected chi connectivity index (χ3v) is 4.72. The van der Waals surface area contributed by atoms with E-state index in [1.165, 1.54) is 6.92 Å². The topological polar surface area (TPSA) is 93.5 Å². The summed E-state index contributed by atoms with van der Waals surface area (Å²) in [6.45, 7) is 6.35. The normalized spacial score (nSPS) is 15.6. The number of amides is 3. The molecule has 0 radical (unpaired) electrons. The predicted molar refractivity (Wildman–Crippen MR) is 111 cm³/mol. The maximum atomic E-state index is 12.5. The van der Waals surface area contributed by atoms with Crippen LogP contribution in [0, 0.1) is 0 Å². The average molecular weight is 410 g/mol. The minimum atomic E-state index is -0.525. The number of hydrogen-bond donors (Lipinski definition) is 1. The molecule has 0 bridgehead atoms. The van der Waals surface area contributed by atoms with Crippen molar-refractivity contribution in [1.29, 1.82) is 0 Å². The van der Waals surface area contributed by atoms with Gasteiger partial charge in [0.15, 0.2) is 0 Å². The number of hydrogen-bond acceptors (Lipinski definition) is 5. The van der Waals surface area contributed by atoms with Crippen LogP contribution in [-0.2, 0) is 20.9 Å². The molecule has 2 heterocycles. The molecular weight excluding hydrogens is 384 g/mol. The van der Waals surface area contributed by atoms with Crippen LogP contribution < -0.4 is 10.1 Å². The van der Waals surface area contributed by atoms with Gasteiger partial charge < -0.3 is 14.6 Å². The molecule has 1 saturated heterocycles. The van der Waals surface area contributed by atoms with Crippen molar-refractivity contribution < 1.29 is 19.1 Å². The lowest BCUT2D eigenvalue weighted by Gasteiger charge is -2.25. The average Bonchev–Trinajstić information content (AvgIpc) is 3.11. The Morgan fingerprint density at radius 1 is 1.27 bits per heavy atom. The van der Waals surface area contributed by atoms with Gasteiger partial charge in [0.25, 0.3) is 5.91 Å². The Hall–Kier alpha value is -3.42. The van der Waals surface area contributed by atoms with Crippen LogP contribution >= 0.6 is 0 Å². The zero-order valence-electron chi connectivity index (χ0n) is 17.4. The number of aromatic nitrogens is 2. The van der Waals surface area contributed by atoms with Gasteiger partial charge in [0.05, 0.1) is 18.6 Å². The van der Waals surface area contributed by atoms with E-state index in [2.05, 4.69) is 10.3 Å². The lowest BCUT2D eigenvalue weighted by atomic mass is 10.1. The van der Waals surface area contributed by atoms with Gasteiger partial charge in [0.2, 0.25) is 11.8 Å². The molecule has 0 saturated carbocycles. The lowest BCUT2D eigenvalue weighted by molar-refractivity contribution is -0.147. The first-order valence-corrected chi connectivity index (χ1v) is 9.93. The van der Waals surface area contributed by atoms with Crippen LogP contribution in [0.25, 0.3) is 6.08 Å². The summed E-state index contributed by atoms with van der Waals surface area (Å²) in [6, 6.07) is 9.64. The number of carbonyl (C=O) groups is 3. The minimum Gasteiger partial charge on any atom is -0.494 e. The first-order valence-electron chi connectivity index (χ1n) is 9.93. The molecule has 1 fully saturated rings. The summed E-state index contributed by atoms with van der Waals surface area (Å²) < 4.78 is 7.77. The molecule has 0 aliphatic carbocycles. The second-order valence-electron chi connectivity index (χ2n) is 7.39. The molecule has 3 rings (SSSR count). The van der Waals surface area contributed by atoms with Gasteiger partial charge >= 0.3 is 0 Å². The third kappa shape index (κ3) is 4.94. The molecule has 158 valence electrons. The van der Waals surface area contributed by atoms with Crippen LogP contribution in [0.4, 0.5) is 0 Å². The summed E-state index contributed by atoms with van der Waals surface area (Å²) in [5, 5.41) is 2.55. The number of imidazole rings is 1. The fraction of sp³-hybridized carbons (Fsp3) is 0.364. The highest BCUT2D eigenvalue weighted by molar-refractivity contribution is 6.12. The van der Waals surface area contributed by atoms with Crippen molar-refractivity contribution in [2.24, 2.45) is 0 Å². The van der Waals surface area contributed by atoms with Gasteiger partial charge in [-0.25, -0.2) is 4.98 Å². The van der Waals surface area contributed by atoms with Crippen molar-refractivity contribution in [1.82, 2.24) is 19.8 Å². The fourth-order valence-electron chi connectivity index (χ4n) is 3.36. The number of benzene rings is 1. The van der Waals surface area contributed by atoms with Gasteiger partial charge in [-0.3, -0.25) is 19.3 Å². The molecule has 0 atom stereocenters. The Labute approximate surface area is 175 Å². The Bertz CT molecular complexity index is 963. The molecule has 1 aliphatic rings. The Morgan fingerprint density at radius 3 is 2.67 bits per heavy atom. The number of nitrogens with zero attached hydrogens (tertiary/aromatic N) is 3. The highest BCUT2D eigenvalue weighted by Gasteiger charge is 2.31. The summed E-state index contributed by atoms with van der Waals surface area (Å²) in [7, 11) is 0. The first kappa shape index (κ1) is 21.3. The number of piperazine rings is 1. The Kier molecular flexibility index (Phi) is 6.66. The van der Waals surface area contributed by atoms with E-state index in [9.17, 15) is 14.4 Å². The summed E-state index contributed by atoms with van der Waals surface area (Å²) >= 11 is 0. The molecule has 3 amide bonds. The van der Waals surface area contributed by atoms with E-state index < -0.39 is 17.7 Å². The van der Waals surface area contributed by atoms with E-state index in [1.54, 1.807) is 12.4 Å². The van der Waals surface area contributed by atoms with Crippen molar-refractivity contribution >= 4 is 23.8 Å². The highest BCUT2D eigenvalue weighted by atomic mass is 16.5. The van der Waals surface area contributed by atoms with Crippen LogP contribution in [0.3, 0.4) is 0 Å². The zero-order chi connectivity index (χ0) is 21.7. The van der Waals surface area contributed by atoms with E-state index in [4.69, 9.17) is 4.74 Å². The largest absolute Gasteiger partial charge is 0.494 e. The van der Waals surface area contributed by atoms with Crippen LogP contribution in [0.5, 0.6) is 5.75 Å². The number of carbonyl (C=O) groups excluding carboxylic acids is 3. The first-order chi connectivity index (χ1) is 14.4. The predicted octanol–water partition coefficient (Wildman–Crippen LogP) is 2.32. The molecule has 30 heavy (non-hydrogen) atoms. The summed E-state index contributed by atoms with van der Waals surface area (Å²) in [6.07, 6.45) is 4.05. The molecule has 8 nitrogen and oxygen atoms in total. The van der Waals surface area contributed by atoms with Gasteiger partial charge in [-0.15, -0.1) is 0 Å². The number of nitrogens with one attached hydrogen (secondary N) is 1. The summed E-state index contributed by atoms with van der Waals surface area (Å²) in [4.78, 5) is 41.4. The van der Waals surface area contributed by atoms with Gasteiger partial charge in [-0.2, -0.15) is 0 Å². The number of imide groups is 1. The second-order valence-corrected chi connectivity index (χ2v) is 7.39. The van der Waals surface area contributed by atoms with Crippen LogP contribution in [0.15, 0.2) is 42.4 Å². The molecule has 1 aliphatic heterocycles. The van der Waals surface area contributed by atoms with Gasteiger partial charge in [-0.05, 0) is 30.5 Å². The molecule has 0 unspecified atom stereocenters. The van der Waals surface area contributed by atoms with Gasteiger partial charge in [0, 0.05) is 19.2 Å². The van der Waals surface area contributed by atoms with Crippen LogP contribution in [-0.4, -0.2) is 45.3 Å². The van der Waals surface area contributed by atoms with Crippen LogP contribution in [0.2, 0.25) is 0 Å². The number of aryl methyl sites for hydroxylation is 1. The summed E-state index contributed by atoms with van der Waals surface area (Å²) in [5.74, 6) is -0.414. The SMILES string of the molecule is CC(=O)N1CC(=O)NC(=Cc2ncn(CCCOc3ccccc3)c2C(C)C)C1=O. The minimum absolute atomic E-state index is 0.0565. The van der Waals surface area contributed by atoms with Crippen molar-refractivity contribution in [3.8, 4) is 5.75 Å². The molecular formula is C22H26N4O4. The Balaban J connectivity index is 1.73. The molecule has 8 heteroatoms. The lowest BCUT2D eigenvalue weighted by Crippen LogP contribution is -2.51. The van der Waals surface area contributed by atoms with Crippen molar-refractivity contribution in [2.75, 3.05) is 13.2 Å². The number of ether oxygens (including phenoxy) is 1. The van der Waals surface area contributed by atoms with Gasteiger partial charge in [0.1, 0.15) is 18.0 Å². The number of rotatable bonds is 7. The maximum Gasteiger partial charge on any atom is 0.277 e. The van der Waals surface area contributed by atoms with E-state index in [0.29, 0.717) is 18.8 Å². The molecule has 2 aromatic rings. The van der Waals surface area contributed by atoms with Gasteiger partial charge in [-0.1, -0.05) is 32.0 Å². The van der Waals surface area contributed by atoms with Crippen LogP contribution in [0.1, 0.15) is 44.5 Å². The van der Waals surface area contributed by atoms with E-state index >= 15 is 0 Å². The monoisotopic (exact) mass is 410 g/mol. The molecule has 1 aromatic heterocycles. The third-order valence-electron chi connectivity index (χ3n) is 4.72. The summed E-state index contributed by atoms with van der Waals surface area (Å²) in [5.41, 5.74) is 1.60. The molecule has 1 aromatic carbocycles. The molecule has 0 spiro atoms. The Morgan fingerprint density at radius 2 is 2.00 bits per heavy atom. The zero-order valence-corrected chi connectivity index (χ0v) is 17.4. The maximum absolute atomic E-state index is 12.5. The number of para-hydroxylation sites is 1. The van der Waals surface area contributed by atoms with E-state index in [0.717, 1.165) is 22.8 Å². The van der Waals surface area contributed by atoms with Crippen molar-refractivity contribution in [2.45, 2.75) is 39.7 Å². The van der Waals surface area contributed by atoms with E-state index in [-0.39, 0.29) is 18.2 Å².